The lowest BCUT2D eigenvalue weighted by Crippen LogP contribution is -2.26. The second kappa shape index (κ2) is 7.52. The molecule has 1 N–H and O–H groups in total. The third-order valence-electron chi connectivity index (χ3n) is 4.89. The normalized spacial score (nSPS) is 17.0. The van der Waals surface area contributed by atoms with Crippen LogP contribution in [0.5, 0.6) is 0 Å². The molecule has 1 aliphatic carbocycles. The Morgan fingerprint density at radius 3 is 3.15 bits per heavy atom. The van der Waals surface area contributed by atoms with Crippen LogP contribution in [0.2, 0.25) is 0 Å². The fourth-order valence-electron chi connectivity index (χ4n) is 3.51. The van der Waals surface area contributed by atoms with Crippen LogP contribution in [-0.2, 0) is 17.6 Å². The highest BCUT2D eigenvalue weighted by Crippen LogP contribution is 2.38. The van der Waals surface area contributed by atoms with Gasteiger partial charge in [-0.2, -0.15) is 0 Å². The molecule has 144 valence electrons. The molecule has 0 aromatic carbocycles. The molecule has 3 heterocycles. The van der Waals surface area contributed by atoms with Crippen molar-refractivity contribution in [3.05, 3.63) is 22.6 Å². The molecule has 3 aromatic rings. The van der Waals surface area contributed by atoms with Gasteiger partial charge in [-0.05, 0) is 51.0 Å². The Morgan fingerprint density at radius 2 is 2.33 bits per heavy atom. The average molecular weight is 388 g/mol. The number of carbonyl (C=O) groups excluding carboxylic acids is 1. The number of ether oxygens (including phenoxy) is 1. The zero-order valence-corrected chi connectivity index (χ0v) is 16.8. The molecule has 0 bridgehead atoms. The SMILES string of the molecule is CC1CCc2sc3ncn4nc(C(=O)NCCCOC(C)C)nc4c3c2C1. The quantitative estimate of drug-likeness (QED) is 0.658. The first kappa shape index (κ1) is 18.3. The molecule has 0 spiro atoms. The van der Waals surface area contributed by atoms with Crippen molar-refractivity contribution < 1.29 is 9.53 Å². The molecule has 0 fully saturated rings. The maximum atomic E-state index is 12.4. The zero-order chi connectivity index (χ0) is 19.0. The van der Waals surface area contributed by atoms with Gasteiger partial charge in [0, 0.05) is 18.0 Å². The number of nitrogens with one attached hydrogen (secondary N) is 1. The molecule has 1 atom stereocenters. The predicted molar refractivity (Wildman–Crippen MR) is 105 cm³/mol. The van der Waals surface area contributed by atoms with Crippen LogP contribution in [0.15, 0.2) is 6.33 Å². The smallest absolute Gasteiger partial charge is 0.290 e. The van der Waals surface area contributed by atoms with Crippen LogP contribution in [0, 0.1) is 5.92 Å². The van der Waals surface area contributed by atoms with Gasteiger partial charge < -0.3 is 10.1 Å². The molecule has 1 aliphatic rings. The number of hydrogen-bond donors (Lipinski definition) is 1. The summed E-state index contributed by atoms with van der Waals surface area (Å²) < 4.78 is 7.11. The maximum Gasteiger partial charge on any atom is 0.290 e. The molecule has 0 saturated heterocycles. The number of nitrogens with zero attached hydrogens (tertiary/aromatic N) is 4. The Morgan fingerprint density at radius 1 is 1.48 bits per heavy atom. The molecule has 7 nitrogen and oxygen atoms in total. The van der Waals surface area contributed by atoms with E-state index < -0.39 is 0 Å². The van der Waals surface area contributed by atoms with E-state index in [-0.39, 0.29) is 17.8 Å². The van der Waals surface area contributed by atoms with Crippen molar-refractivity contribution in [3.63, 3.8) is 0 Å². The lowest BCUT2D eigenvalue weighted by Gasteiger charge is -2.17. The lowest BCUT2D eigenvalue weighted by atomic mass is 9.89. The maximum absolute atomic E-state index is 12.4. The van der Waals surface area contributed by atoms with Crippen molar-refractivity contribution in [2.75, 3.05) is 13.2 Å². The van der Waals surface area contributed by atoms with Crippen LogP contribution in [0.3, 0.4) is 0 Å². The Bertz CT molecular complexity index is 977. The highest BCUT2D eigenvalue weighted by atomic mass is 32.1. The van der Waals surface area contributed by atoms with Gasteiger partial charge in [-0.3, -0.25) is 4.79 Å². The molecule has 0 saturated carbocycles. The van der Waals surface area contributed by atoms with E-state index in [1.54, 1.807) is 22.2 Å². The summed E-state index contributed by atoms with van der Waals surface area (Å²) in [6.07, 6.45) is 5.99. The van der Waals surface area contributed by atoms with E-state index in [0.717, 1.165) is 35.1 Å². The van der Waals surface area contributed by atoms with Crippen LogP contribution in [-0.4, -0.2) is 44.7 Å². The van der Waals surface area contributed by atoms with Gasteiger partial charge in [0.15, 0.2) is 5.65 Å². The van der Waals surface area contributed by atoms with Gasteiger partial charge in [-0.1, -0.05) is 6.92 Å². The Kier molecular flexibility index (Phi) is 5.10. The molecule has 1 amide bonds. The van der Waals surface area contributed by atoms with E-state index in [9.17, 15) is 4.79 Å². The molecule has 8 heteroatoms. The van der Waals surface area contributed by atoms with E-state index in [4.69, 9.17) is 4.74 Å². The van der Waals surface area contributed by atoms with E-state index in [1.807, 2.05) is 13.8 Å². The number of hydrogen-bond acceptors (Lipinski definition) is 6. The summed E-state index contributed by atoms with van der Waals surface area (Å²) in [4.78, 5) is 23.9. The zero-order valence-electron chi connectivity index (χ0n) is 16.0. The number of aromatic nitrogens is 4. The lowest BCUT2D eigenvalue weighted by molar-refractivity contribution is 0.0756. The summed E-state index contributed by atoms with van der Waals surface area (Å²) in [5.74, 6) is 0.598. The van der Waals surface area contributed by atoms with Gasteiger partial charge in [-0.25, -0.2) is 14.5 Å². The monoisotopic (exact) mass is 387 g/mol. The van der Waals surface area contributed by atoms with E-state index in [0.29, 0.717) is 19.1 Å². The summed E-state index contributed by atoms with van der Waals surface area (Å²) in [6.45, 7) is 7.45. The van der Waals surface area contributed by atoms with Gasteiger partial charge in [0.05, 0.1) is 11.5 Å². The van der Waals surface area contributed by atoms with Gasteiger partial charge in [0.25, 0.3) is 5.91 Å². The molecule has 0 aliphatic heterocycles. The first-order valence-electron chi connectivity index (χ1n) is 9.58. The minimum absolute atomic E-state index is 0.192. The second-order valence-electron chi connectivity index (χ2n) is 7.51. The molecule has 4 rings (SSSR count). The van der Waals surface area contributed by atoms with Gasteiger partial charge in [0.1, 0.15) is 11.2 Å². The van der Waals surface area contributed by atoms with Crippen molar-refractivity contribution in [1.29, 1.82) is 0 Å². The third-order valence-corrected chi connectivity index (χ3v) is 6.09. The second-order valence-corrected chi connectivity index (χ2v) is 8.59. The van der Waals surface area contributed by atoms with E-state index in [2.05, 4.69) is 27.3 Å². The molecule has 0 radical (unpaired) electrons. The fourth-order valence-corrected chi connectivity index (χ4v) is 4.69. The summed E-state index contributed by atoms with van der Waals surface area (Å²) in [5.41, 5.74) is 2.08. The topological polar surface area (TPSA) is 81.4 Å². The fraction of sp³-hybridized carbons (Fsp3) is 0.579. The average Bonchev–Trinajstić information content (AvgIpc) is 3.21. The Hall–Kier alpha value is -2.06. The molecular formula is C19H25N5O2S. The summed E-state index contributed by atoms with van der Waals surface area (Å²) in [6, 6.07) is 0. The number of thiophene rings is 1. The minimum atomic E-state index is -0.256. The van der Waals surface area contributed by atoms with Gasteiger partial charge >= 0.3 is 0 Å². The predicted octanol–water partition coefficient (Wildman–Crippen LogP) is 3.01. The van der Waals surface area contributed by atoms with Crippen LogP contribution in [0.1, 0.15) is 54.7 Å². The summed E-state index contributed by atoms with van der Waals surface area (Å²) >= 11 is 1.75. The van der Waals surface area contributed by atoms with Crippen molar-refractivity contribution in [2.45, 2.75) is 52.6 Å². The van der Waals surface area contributed by atoms with Gasteiger partial charge in [0.2, 0.25) is 5.82 Å². The van der Waals surface area contributed by atoms with E-state index >= 15 is 0 Å². The number of aryl methyl sites for hydroxylation is 1. The van der Waals surface area contributed by atoms with Crippen molar-refractivity contribution in [3.8, 4) is 0 Å². The summed E-state index contributed by atoms with van der Waals surface area (Å²) in [5, 5.41) is 8.28. The van der Waals surface area contributed by atoms with Crippen LogP contribution >= 0.6 is 11.3 Å². The first-order chi connectivity index (χ1) is 13.0. The van der Waals surface area contributed by atoms with Crippen molar-refractivity contribution >= 4 is 33.1 Å². The van der Waals surface area contributed by atoms with Crippen LogP contribution < -0.4 is 5.32 Å². The van der Waals surface area contributed by atoms with Crippen LogP contribution in [0.25, 0.3) is 15.9 Å². The highest BCUT2D eigenvalue weighted by Gasteiger charge is 2.24. The van der Waals surface area contributed by atoms with Crippen molar-refractivity contribution in [2.24, 2.45) is 5.92 Å². The highest BCUT2D eigenvalue weighted by molar-refractivity contribution is 7.19. The standard InChI is InChI=1S/C19H25N5O2S/c1-11(2)26-8-4-7-20-18(25)16-22-17-15-13-9-12(3)5-6-14(13)27-19(15)21-10-24(17)23-16/h10-12H,4-9H2,1-3H3,(H,20,25). The molecule has 1 unspecified atom stereocenters. The Labute approximate surface area is 162 Å². The van der Waals surface area contributed by atoms with Crippen LogP contribution in [0.4, 0.5) is 0 Å². The number of amides is 1. The number of carbonyl (C=O) groups is 1. The largest absolute Gasteiger partial charge is 0.379 e. The van der Waals surface area contributed by atoms with Crippen molar-refractivity contribution in [1.82, 2.24) is 24.9 Å². The van der Waals surface area contributed by atoms with Gasteiger partial charge in [-0.15, -0.1) is 16.4 Å². The minimum Gasteiger partial charge on any atom is -0.379 e. The van der Waals surface area contributed by atoms with E-state index in [1.165, 1.54) is 16.9 Å². The number of fused-ring (bicyclic) bond motifs is 5. The third kappa shape index (κ3) is 3.68. The number of rotatable bonds is 6. The molecular weight excluding hydrogens is 362 g/mol. The molecule has 3 aromatic heterocycles. The summed E-state index contributed by atoms with van der Waals surface area (Å²) in [7, 11) is 0. The first-order valence-corrected chi connectivity index (χ1v) is 10.4. The molecule has 27 heavy (non-hydrogen) atoms. The Balaban J connectivity index is 1.56.